The molecule has 0 aromatic rings. The van der Waals surface area contributed by atoms with Crippen molar-refractivity contribution < 1.29 is 0 Å². The molecular weight excluding hydrogens is 170 g/mol. The van der Waals surface area contributed by atoms with E-state index in [1.807, 2.05) is 0 Å². The first kappa shape index (κ1) is 10.5. The largest absolute Gasteiger partial charge is 0.314 e. The molecule has 2 rings (SSSR count). The lowest BCUT2D eigenvalue weighted by Crippen LogP contribution is -2.42. The van der Waals surface area contributed by atoms with Crippen molar-refractivity contribution in [1.82, 2.24) is 5.32 Å². The summed E-state index contributed by atoms with van der Waals surface area (Å²) in [6.45, 7) is 6.07. The fourth-order valence-electron chi connectivity index (χ4n) is 3.15. The Balaban J connectivity index is 1.60. The van der Waals surface area contributed by atoms with E-state index in [9.17, 15) is 0 Å². The lowest BCUT2D eigenvalue weighted by Gasteiger charge is -2.36. The molecule has 14 heavy (non-hydrogen) atoms. The van der Waals surface area contributed by atoms with Gasteiger partial charge in [-0.25, -0.2) is 0 Å². The van der Waals surface area contributed by atoms with Gasteiger partial charge in [0.2, 0.25) is 0 Å². The van der Waals surface area contributed by atoms with E-state index in [2.05, 4.69) is 19.2 Å². The van der Waals surface area contributed by atoms with Gasteiger partial charge in [0, 0.05) is 6.04 Å². The third-order valence-electron chi connectivity index (χ3n) is 4.11. The Morgan fingerprint density at radius 1 is 1.00 bits per heavy atom. The molecule has 2 aliphatic rings. The predicted octanol–water partition coefficient (Wildman–Crippen LogP) is 3.20. The van der Waals surface area contributed by atoms with Crippen LogP contribution in [-0.2, 0) is 0 Å². The van der Waals surface area contributed by atoms with Crippen LogP contribution < -0.4 is 5.32 Å². The van der Waals surface area contributed by atoms with Crippen LogP contribution in [0.5, 0.6) is 0 Å². The van der Waals surface area contributed by atoms with Crippen molar-refractivity contribution in [3.63, 3.8) is 0 Å². The number of hydrogen-bond donors (Lipinski definition) is 1. The minimum Gasteiger partial charge on any atom is -0.314 e. The zero-order chi connectivity index (χ0) is 9.97. The van der Waals surface area contributed by atoms with Gasteiger partial charge in [0.1, 0.15) is 0 Å². The van der Waals surface area contributed by atoms with Crippen molar-refractivity contribution in [2.75, 3.05) is 6.54 Å². The van der Waals surface area contributed by atoms with Crippen molar-refractivity contribution in [2.45, 2.75) is 58.4 Å². The van der Waals surface area contributed by atoms with Crippen LogP contribution in [0.15, 0.2) is 0 Å². The summed E-state index contributed by atoms with van der Waals surface area (Å²) in [5.41, 5.74) is 0. The number of nitrogens with one attached hydrogen (secondary N) is 1. The van der Waals surface area contributed by atoms with E-state index in [4.69, 9.17) is 0 Å². The summed E-state index contributed by atoms with van der Waals surface area (Å²) in [5, 5.41) is 3.74. The molecule has 0 bridgehead atoms. The highest BCUT2D eigenvalue weighted by Crippen LogP contribution is 2.30. The van der Waals surface area contributed by atoms with E-state index in [0.29, 0.717) is 0 Å². The third kappa shape index (κ3) is 2.73. The Morgan fingerprint density at radius 3 is 2.43 bits per heavy atom. The molecule has 0 saturated heterocycles. The van der Waals surface area contributed by atoms with Gasteiger partial charge in [-0.2, -0.15) is 0 Å². The molecule has 1 nitrogen and oxygen atoms in total. The smallest absolute Gasteiger partial charge is 0.00722 e. The maximum absolute atomic E-state index is 3.74. The summed E-state index contributed by atoms with van der Waals surface area (Å²) in [6.07, 6.45) is 8.71. The molecule has 1 N–H and O–H groups in total. The highest BCUT2D eigenvalue weighted by atomic mass is 14.9. The normalized spacial score (nSPS) is 43.3. The second kappa shape index (κ2) is 4.65. The van der Waals surface area contributed by atoms with Crippen molar-refractivity contribution in [2.24, 2.45) is 17.8 Å². The SMILES string of the molecule is CC1CCCC(CNC2CC(C)C2)C1. The van der Waals surface area contributed by atoms with E-state index in [-0.39, 0.29) is 0 Å². The second-order valence-electron chi connectivity index (χ2n) is 5.82. The van der Waals surface area contributed by atoms with Crippen LogP contribution in [0.4, 0.5) is 0 Å². The number of rotatable bonds is 3. The Hall–Kier alpha value is -0.0400. The van der Waals surface area contributed by atoms with Crippen LogP contribution in [0.3, 0.4) is 0 Å². The van der Waals surface area contributed by atoms with E-state index < -0.39 is 0 Å². The van der Waals surface area contributed by atoms with E-state index >= 15 is 0 Å². The summed E-state index contributed by atoms with van der Waals surface area (Å²) in [4.78, 5) is 0. The summed E-state index contributed by atoms with van der Waals surface area (Å²) in [5.74, 6) is 2.95. The second-order valence-corrected chi connectivity index (χ2v) is 5.82. The highest BCUT2D eigenvalue weighted by molar-refractivity contribution is 4.83. The Labute approximate surface area is 88.7 Å². The summed E-state index contributed by atoms with van der Waals surface area (Å²) >= 11 is 0. The van der Waals surface area contributed by atoms with E-state index in [0.717, 1.165) is 23.8 Å². The fraction of sp³-hybridized carbons (Fsp3) is 1.00. The molecule has 0 amide bonds. The Morgan fingerprint density at radius 2 is 1.79 bits per heavy atom. The molecule has 0 aromatic heterocycles. The lowest BCUT2D eigenvalue weighted by atomic mass is 9.80. The van der Waals surface area contributed by atoms with Gasteiger partial charge in [-0.3, -0.25) is 0 Å². The van der Waals surface area contributed by atoms with Gasteiger partial charge in [-0.1, -0.05) is 26.7 Å². The van der Waals surface area contributed by atoms with Gasteiger partial charge in [0.25, 0.3) is 0 Å². The van der Waals surface area contributed by atoms with Crippen LogP contribution in [0.2, 0.25) is 0 Å². The fourth-order valence-corrected chi connectivity index (χ4v) is 3.15. The molecule has 0 aromatic carbocycles. The van der Waals surface area contributed by atoms with Gasteiger partial charge >= 0.3 is 0 Å². The molecule has 2 fully saturated rings. The summed E-state index contributed by atoms with van der Waals surface area (Å²) < 4.78 is 0. The molecule has 2 atom stereocenters. The van der Waals surface area contributed by atoms with Crippen LogP contribution in [0.1, 0.15) is 52.4 Å². The minimum absolute atomic E-state index is 0.863. The Bertz CT molecular complexity index is 172. The quantitative estimate of drug-likeness (QED) is 0.729. The van der Waals surface area contributed by atoms with Gasteiger partial charge in [-0.15, -0.1) is 0 Å². The zero-order valence-electron chi connectivity index (χ0n) is 9.76. The lowest BCUT2D eigenvalue weighted by molar-refractivity contribution is 0.208. The van der Waals surface area contributed by atoms with E-state index in [1.54, 1.807) is 0 Å². The first-order chi connectivity index (χ1) is 6.74. The molecule has 2 saturated carbocycles. The maximum atomic E-state index is 3.74. The molecule has 0 radical (unpaired) electrons. The molecule has 82 valence electrons. The van der Waals surface area contributed by atoms with E-state index in [1.165, 1.54) is 45.1 Å². The van der Waals surface area contributed by atoms with Gasteiger partial charge in [-0.05, 0) is 50.0 Å². The molecule has 0 spiro atoms. The predicted molar refractivity (Wildman–Crippen MR) is 61.3 cm³/mol. The third-order valence-corrected chi connectivity index (χ3v) is 4.11. The van der Waals surface area contributed by atoms with Crippen LogP contribution in [0.25, 0.3) is 0 Å². The maximum Gasteiger partial charge on any atom is 0.00722 e. The number of hydrogen-bond acceptors (Lipinski definition) is 1. The molecule has 2 unspecified atom stereocenters. The van der Waals surface area contributed by atoms with Gasteiger partial charge in [0.15, 0.2) is 0 Å². The zero-order valence-corrected chi connectivity index (χ0v) is 9.76. The van der Waals surface area contributed by atoms with Gasteiger partial charge < -0.3 is 5.32 Å². The molecule has 2 aliphatic carbocycles. The van der Waals surface area contributed by atoms with Gasteiger partial charge in [0.05, 0.1) is 0 Å². The van der Waals surface area contributed by atoms with Crippen LogP contribution in [0, 0.1) is 17.8 Å². The Kier molecular flexibility index (Phi) is 3.48. The van der Waals surface area contributed by atoms with Crippen molar-refractivity contribution in [1.29, 1.82) is 0 Å². The van der Waals surface area contributed by atoms with Crippen LogP contribution >= 0.6 is 0 Å². The topological polar surface area (TPSA) is 12.0 Å². The summed E-state index contributed by atoms with van der Waals surface area (Å²) in [7, 11) is 0. The molecule has 0 aliphatic heterocycles. The summed E-state index contributed by atoms with van der Waals surface area (Å²) in [6, 6.07) is 0.863. The van der Waals surface area contributed by atoms with Crippen molar-refractivity contribution in [3.05, 3.63) is 0 Å². The van der Waals surface area contributed by atoms with Crippen molar-refractivity contribution in [3.8, 4) is 0 Å². The van der Waals surface area contributed by atoms with Crippen molar-refractivity contribution >= 4 is 0 Å². The first-order valence-electron chi connectivity index (χ1n) is 6.47. The average molecular weight is 195 g/mol. The first-order valence-corrected chi connectivity index (χ1v) is 6.47. The highest BCUT2D eigenvalue weighted by Gasteiger charge is 2.26. The average Bonchev–Trinajstić information content (AvgIpc) is 2.11. The van der Waals surface area contributed by atoms with Crippen LogP contribution in [-0.4, -0.2) is 12.6 Å². The molecular formula is C13H25N. The standard InChI is InChI=1S/C13H25N/c1-10-4-3-5-12(6-10)9-14-13-7-11(2)8-13/h10-14H,3-9H2,1-2H3. The monoisotopic (exact) mass is 195 g/mol. The minimum atomic E-state index is 0.863. The molecule has 0 heterocycles. The molecule has 1 heteroatoms.